The quantitative estimate of drug-likeness (QED) is 0.395. The smallest absolute Gasteiger partial charge is 0.262 e. The Morgan fingerprint density at radius 1 is 0.879 bits per heavy atom. The number of rotatable bonds is 5. The number of thiazole rings is 1. The zero-order valence-corrected chi connectivity index (χ0v) is 18.7. The van der Waals surface area contributed by atoms with Gasteiger partial charge >= 0.3 is 0 Å². The molecule has 1 aliphatic rings. The minimum atomic E-state index is -0.457. The third-order valence-corrected chi connectivity index (χ3v) is 6.38. The average molecular weight is 474 g/mol. The summed E-state index contributed by atoms with van der Waals surface area (Å²) < 4.78 is 0. The van der Waals surface area contributed by atoms with E-state index >= 15 is 0 Å². The molecule has 0 bridgehead atoms. The van der Waals surface area contributed by atoms with Gasteiger partial charge in [-0.15, -0.1) is 11.3 Å². The van der Waals surface area contributed by atoms with Crippen molar-refractivity contribution in [2.24, 2.45) is 0 Å². The van der Waals surface area contributed by atoms with Crippen molar-refractivity contribution in [1.29, 1.82) is 0 Å². The molecule has 0 aliphatic carbocycles. The van der Waals surface area contributed by atoms with Crippen LogP contribution in [-0.2, 0) is 4.79 Å². The number of aromatic nitrogens is 1. The first-order valence-corrected chi connectivity index (χ1v) is 11.3. The number of carbonyl (C=O) groups excluding carboxylic acids is 3. The number of anilines is 1. The third-order valence-electron chi connectivity index (χ3n) is 5.24. The number of fused-ring (bicyclic) bond motifs is 1. The maximum atomic E-state index is 12.5. The number of hydrogen-bond donors (Lipinski definition) is 1. The Kier molecular flexibility index (Phi) is 5.50. The zero-order valence-electron chi connectivity index (χ0n) is 17.1. The highest BCUT2D eigenvalue weighted by atomic mass is 35.5. The van der Waals surface area contributed by atoms with Gasteiger partial charge in [-0.2, -0.15) is 0 Å². The Labute approximate surface area is 198 Å². The van der Waals surface area contributed by atoms with E-state index in [1.165, 1.54) is 11.3 Å². The summed E-state index contributed by atoms with van der Waals surface area (Å²) in [6, 6.07) is 21.3. The minimum absolute atomic E-state index is 0.320. The zero-order chi connectivity index (χ0) is 22.9. The van der Waals surface area contributed by atoms with Crippen molar-refractivity contribution in [3.8, 4) is 21.8 Å². The summed E-state index contributed by atoms with van der Waals surface area (Å²) >= 11 is 7.49. The number of imide groups is 1. The van der Waals surface area contributed by atoms with E-state index in [1.54, 1.807) is 36.4 Å². The molecule has 33 heavy (non-hydrogen) atoms. The topological polar surface area (TPSA) is 79.4 Å². The highest BCUT2D eigenvalue weighted by molar-refractivity contribution is 7.13. The molecule has 2 heterocycles. The van der Waals surface area contributed by atoms with Crippen molar-refractivity contribution in [2.75, 3.05) is 11.9 Å². The van der Waals surface area contributed by atoms with Crippen molar-refractivity contribution in [3.63, 3.8) is 0 Å². The molecule has 162 valence electrons. The lowest BCUT2D eigenvalue weighted by atomic mass is 10.1. The number of amides is 3. The van der Waals surface area contributed by atoms with Gasteiger partial charge < -0.3 is 5.32 Å². The molecule has 0 saturated carbocycles. The third kappa shape index (κ3) is 4.16. The van der Waals surface area contributed by atoms with Crippen LogP contribution in [0.5, 0.6) is 0 Å². The number of nitrogens with one attached hydrogen (secondary N) is 1. The van der Waals surface area contributed by atoms with Gasteiger partial charge in [0.2, 0.25) is 5.91 Å². The fourth-order valence-electron chi connectivity index (χ4n) is 3.58. The van der Waals surface area contributed by atoms with Crippen molar-refractivity contribution >= 4 is 46.3 Å². The molecule has 6 nitrogen and oxygen atoms in total. The van der Waals surface area contributed by atoms with E-state index in [0.29, 0.717) is 21.8 Å². The molecule has 3 aromatic carbocycles. The summed E-state index contributed by atoms with van der Waals surface area (Å²) in [5.74, 6) is -1.36. The number of halogens is 1. The maximum absolute atomic E-state index is 12.5. The lowest BCUT2D eigenvalue weighted by Crippen LogP contribution is -2.37. The molecule has 0 saturated heterocycles. The normalized spacial score (nSPS) is 12.7. The van der Waals surface area contributed by atoms with Crippen molar-refractivity contribution < 1.29 is 14.4 Å². The molecule has 1 N–H and O–H groups in total. The second-order valence-electron chi connectivity index (χ2n) is 7.41. The van der Waals surface area contributed by atoms with Crippen LogP contribution >= 0.6 is 22.9 Å². The van der Waals surface area contributed by atoms with Gasteiger partial charge in [-0.1, -0.05) is 48.0 Å². The van der Waals surface area contributed by atoms with Crippen LogP contribution in [0.25, 0.3) is 21.8 Å². The second-order valence-corrected chi connectivity index (χ2v) is 8.71. The largest absolute Gasteiger partial charge is 0.325 e. The van der Waals surface area contributed by atoms with Gasteiger partial charge in [-0.3, -0.25) is 19.3 Å². The number of hydrogen-bond acceptors (Lipinski definition) is 5. The van der Waals surface area contributed by atoms with Crippen molar-refractivity contribution in [1.82, 2.24) is 9.88 Å². The predicted octanol–water partition coefficient (Wildman–Crippen LogP) is 5.37. The van der Waals surface area contributed by atoms with Crippen LogP contribution < -0.4 is 5.32 Å². The molecular weight excluding hydrogens is 458 g/mol. The van der Waals surface area contributed by atoms with E-state index in [1.807, 2.05) is 41.8 Å². The Balaban J connectivity index is 1.24. The predicted molar refractivity (Wildman–Crippen MR) is 128 cm³/mol. The van der Waals surface area contributed by atoms with E-state index in [9.17, 15) is 14.4 Å². The summed E-state index contributed by atoms with van der Waals surface area (Å²) in [5.41, 5.74) is 3.93. The first-order chi connectivity index (χ1) is 16.0. The first-order valence-electron chi connectivity index (χ1n) is 10.1. The summed E-state index contributed by atoms with van der Waals surface area (Å²) in [7, 11) is 0. The Morgan fingerprint density at radius 2 is 1.48 bits per heavy atom. The van der Waals surface area contributed by atoms with Gasteiger partial charge in [0, 0.05) is 27.2 Å². The summed E-state index contributed by atoms with van der Waals surface area (Å²) in [6.45, 7) is -0.343. The second kappa shape index (κ2) is 8.61. The molecule has 5 rings (SSSR count). The molecule has 3 amide bonds. The molecule has 0 unspecified atom stereocenters. The monoisotopic (exact) mass is 473 g/mol. The van der Waals surface area contributed by atoms with Crippen molar-refractivity contribution in [2.45, 2.75) is 0 Å². The summed E-state index contributed by atoms with van der Waals surface area (Å²) in [6.07, 6.45) is 0. The van der Waals surface area contributed by atoms with Crippen LogP contribution in [0.15, 0.2) is 78.2 Å². The van der Waals surface area contributed by atoms with Gasteiger partial charge in [-0.25, -0.2) is 4.98 Å². The number of nitrogens with zero attached hydrogens (tertiary/aromatic N) is 2. The first kappa shape index (κ1) is 21.1. The van der Waals surface area contributed by atoms with Gasteiger partial charge in [0.05, 0.1) is 16.8 Å². The Morgan fingerprint density at radius 3 is 2.12 bits per heavy atom. The van der Waals surface area contributed by atoms with E-state index < -0.39 is 17.7 Å². The summed E-state index contributed by atoms with van der Waals surface area (Å²) in [4.78, 5) is 43.0. The fourth-order valence-corrected chi connectivity index (χ4v) is 4.54. The number of benzene rings is 3. The van der Waals surface area contributed by atoms with E-state index in [2.05, 4.69) is 10.3 Å². The van der Waals surface area contributed by atoms with Crippen molar-refractivity contribution in [3.05, 3.63) is 94.3 Å². The molecule has 0 radical (unpaired) electrons. The fraction of sp³-hybridized carbons (Fsp3) is 0.0400. The van der Waals surface area contributed by atoms with Crippen LogP contribution in [0.2, 0.25) is 5.02 Å². The molecular formula is C25H16ClN3O3S. The van der Waals surface area contributed by atoms with E-state index in [4.69, 9.17) is 11.6 Å². The van der Waals surface area contributed by atoms with E-state index in [-0.39, 0.29) is 6.54 Å². The molecule has 0 spiro atoms. The highest BCUT2D eigenvalue weighted by Crippen LogP contribution is 2.30. The molecule has 0 fully saturated rings. The average Bonchev–Trinajstić information content (AvgIpc) is 3.41. The minimum Gasteiger partial charge on any atom is -0.325 e. The Hall–Kier alpha value is -3.81. The van der Waals surface area contributed by atoms with Crippen LogP contribution in [-0.4, -0.2) is 34.2 Å². The maximum Gasteiger partial charge on any atom is 0.262 e. The number of carbonyl (C=O) groups is 3. The lowest BCUT2D eigenvalue weighted by Gasteiger charge is -2.13. The van der Waals surface area contributed by atoms with E-state index in [0.717, 1.165) is 26.7 Å². The van der Waals surface area contributed by atoms with Crippen LogP contribution in [0.1, 0.15) is 20.7 Å². The molecule has 1 aromatic heterocycles. The van der Waals surface area contributed by atoms with Gasteiger partial charge in [0.1, 0.15) is 11.6 Å². The molecule has 4 aromatic rings. The SMILES string of the molecule is O=C(CN1C(=O)c2ccccc2C1=O)Nc1ccc(-c2csc(-c3ccc(Cl)cc3)n2)cc1. The molecule has 0 atom stereocenters. The van der Waals surface area contributed by atoms with Gasteiger partial charge in [-0.05, 0) is 36.4 Å². The standard InChI is InChI=1S/C25H16ClN3O3S/c26-17-9-5-16(6-10-17)23-28-21(14-33-23)15-7-11-18(12-8-15)27-22(30)13-29-24(31)19-3-1-2-4-20(19)25(29)32/h1-12,14H,13H2,(H,27,30). The highest BCUT2D eigenvalue weighted by Gasteiger charge is 2.36. The van der Waals surface area contributed by atoms with Crippen LogP contribution in [0, 0.1) is 0 Å². The summed E-state index contributed by atoms with van der Waals surface area (Å²) in [5, 5.41) is 6.27. The lowest BCUT2D eigenvalue weighted by molar-refractivity contribution is -0.116. The van der Waals surface area contributed by atoms with Crippen LogP contribution in [0.3, 0.4) is 0 Å². The van der Waals surface area contributed by atoms with Gasteiger partial charge in [0.25, 0.3) is 11.8 Å². The molecule has 8 heteroatoms. The Bertz CT molecular complexity index is 1350. The molecule has 1 aliphatic heterocycles. The van der Waals surface area contributed by atoms with Crippen LogP contribution in [0.4, 0.5) is 5.69 Å². The van der Waals surface area contributed by atoms with Gasteiger partial charge in [0.15, 0.2) is 0 Å².